The molecule has 0 atom stereocenters. The number of hydrogen-bond acceptors (Lipinski definition) is 9. The molecule has 0 spiro atoms. The molecule has 1 fully saturated rings. The number of ether oxygens (including phenoxy) is 3. The number of para-hydroxylation sites is 1. The first-order valence-corrected chi connectivity index (χ1v) is 11.0. The number of aromatic nitrogens is 3. The molecule has 0 N–H and O–H groups in total. The molecule has 0 saturated carbocycles. The predicted molar refractivity (Wildman–Crippen MR) is 125 cm³/mol. The minimum absolute atomic E-state index is 0.106. The van der Waals surface area contributed by atoms with Gasteiger partial charge in [-0.2, -0.15) is 9.90 Å². The lowest BCUT2D eigenvalue weighted by Gasteiger charge is -2.26. The largest absolute Gasteiger partial charge is 0.493 e. The van der Waals surface area contributed by atoms with Crippen LogP contribution in [0.4, 0.5) is 10.5 Å². The second kappa shape index (κ2) is 10.3. The zero-order chi connectivity index (χ0) is 25.8. The van der Waals surface area contributed by atoms with Gasteiger partial charge in [-0.1, -0.05) is 18.2 Å². The number of hydrogen-bond donors (Lipinski definition) is 0. The van der Waals surface area contributed by atoms with Crippen LogP contribution in [0, 0.1) is 17.0 Å². The summed E-state index contributed by atoms with van der Waals surface area (Å²) in [6.45, 7) is 1.78. The number of carbonyl (C=O) groups is 2. The molecule has 1 aromatic heterocycles. The second-order valence-corrected chi connectivity index (χ2v) is 7.81. The number of methoxy groups -OCH3 is 2. The van der Waals surface area contributed by atoms with Gasteiger partial charge in [0.25, 0.3) is 11.6 Å². The molecule has 1 aliphatic rings. The summed E-state index contributed by atoms with van der Waals surface area (Å²) in [4.78, 5) is 38.4. The van der Waals surface area contributed by atoms with Gasteiger partial charge in [0.2, 0.25) is 0 Å². The lowest BCUT2D eigenvalue weighted by atomic mass is 10.1. The van der Waals surface area contributed by atoms with Gasteiger partial charge in [0.1, 0.15) is 6.61 Å². The van der Waals surface area contributed by atoms with Crippen molar-refractivity contribution in [2.75, 3.05) is 27.3 Å². The summed E-state index contributed by atoms with van der Waals surface area (Å²) < 4.78 is 15.7. The maximum Gasteiger partial charge on any atom is 0.429 e. The van der Waals surface area contributed by atoms with Crippen LogP contribution in [-0.4, -0.2) is 69.2 Å². The lowest BCUT2D eigenvalue weighted by Crippen LogP contribution is -2.45. The number of nitro groups is 1. The molecule has 13 nitrogen and oxygen atoms in total. The van der Waals surface area contributed by atoms with Crippen LogP contribution in [-0.2, 0) is 11.3 Å². The van der Waals surface area contributed by atoms with Gasteiger partial charge in [-0.05, 0) is 31.5 Å². The quantitative estimate of drug-likeness (QED) is 0.356. The molecule has 1 saturated heterocycles. The Balaban J connectivity index is 1.50. The van der Waals surface area contributed by atoms with Crippen molar-refractivity contribution >= 4 is 17.7 Å². The van der Waals surface area contributed by atoms with Crippen molar-refractivity contribution in [2.45, 2.75) is 20.0 Å². The summed E-state index contributed by atoms with van der Waals surface area (Å²) in [5.74, 6) is -0.0696. The summed E-state index contributed by atoms with van der Waals surface area (Å²) in [6.07, 6.45) is -0.290. The molecule has 3 aromatic rings. The van der Waals surface area contributed by atoms with Crippen molar-refractivity contribution in [3.05, 3.63) is 69.5 Å². The number of aryl methyl sites for hydroxylation is 1. The maximum absolute atomic E-state index is 13.2. The maximum atomic E-state index is 13.2. The Morgan fingerprint density at radius 3 is 2.36 bits per heavy atom. The minimum atomic E-state index is -0.821. The number of amides is 2. The summed E-state index contributed by atoms with van der Waals surface area (Å²) in [6, 6.07) is 11.7. The Bertz CT molecular complexity index is 1290. The fourth-order valence-corrected chi connectivity index (χ4v) is 3.80. The van der Waals surface area contributed by atoms with Crippen molar-refractivity contribution < 1.29 is 28.7 Å². The molecule has 13 heteroatoms. The first kappa shape index (κ1) is 24.4. The van der Waals surface area contributed by atoms with Crippen LogP contribution in [0.3, 0.4) is 0 Å². The van der Waals surface area contributed by atoms with E-state index in [0.717, 1.165) is 5.01 Å². The number of carbonyl (C=O) groups excluding carboxylic acids is 2. The molecule has 0 unspecified atom stereocenters. The van der Waals surface area contributed by atoms with E-state index < -0.39 is 23.5 Å². The van der Waals surface area contributed by atoms with Crippen molar-refractivity contribution in [1.29, 1.82) is 0 Å². The fraction of sp³-hybridized carbons (Fsp3) is 0.304. The summed E-state index contributed by atoms with van der Waals surface area (Å²) in [5, 5.41) is 22.6. The molecule has 2 amide bonds. The van der Waals surface area contributed by atoms with Gasteiger partial charge in [0.15, 0.2) is 17.2 Å². The van der Waals surface area contributed by atoms with E-state index in [1.165, 1.54) is 36.2 Å². The zero-order valence-corrected chi connectivity index (χ0v) is 19.9. The molecule has 0 bridgehead atoms. The minimum Gasteiger partial charge on any atom is -0.493 e. The molecule has 2 aromatic carbocycles. The Kier molecular flexibility index (Phi) is 6.99. The zero-order valence-electron chi connectivity index (χ0n) is 19.9. The number of hydrazine groups is 1. The highest BCUT2D eigenvalue weighted by Gasteiger charge is 2.35. The van der Waals surface area contributed by atoms with Crippen LogP contribution in [0.1, 0.15) is 28.2 Å². The van der Waals surface area contributed by atoms with Crippen LogP contribution in [0.5, 0.6) is 11.5 Å². The third kappa shape index (κ3) is 4.76. The average molecular weight is 496 g/mol. The number of nitro benzene ring substituents is 1. The third-order valence-electron chi connectivity index (χ3n) is 5.58. The molecule has 188 valence electrons. The van der Waals surface area contributed by atoms with E-state index in [-0.39, 0.29) is 41.5 Å². The van der Waals surface area contributed by atoms with Gasteiger partial charge < -0.3 is 14.2 Å². The Hall–Kier alpha value is -4.68. The molecule has 0 radical (unpaired) electrons. The Morgan fingerprint density at radius 2 is 1.69 bits per heavy atom. The molecule has 1 aliphatic heterocycles. The van der Waals surface area contributed by atoms with Crippen molar-refractivity contribution in [1.82, 2.24) is 25.0 Å². The monoisotopic (exact) mass is 496 g/mol. The van der Waals surface area contributed by atoms with Crippen molar-refractivity contribution in [3.63, 3.8) is 0 Å². The molecule has 0 aliphatic carbocycles. The van der Waals surface area contributed by atoms with Crippen LogP contribution >= 0.6 is 0 Å². The topological polar surface area (TPSA) is 142 Å². The highest BCUT2D eigenvalue weighted by atomic mass is 16.6. The third-order valence-corrected chi connectivity index (χ3v) is 5.58. The van der Waals surface area contributed by atoms with E-state index in [1.807, 2.05) is 18.2 Å². The standard InChI is InChI=1S/C23H24N6O7/c1-15-21(25-28(24-15)17-8-5-4-6-9-17)22(30)26-10-7-11-27(26)23(31)36-14-16-12-19(34-2)20(35-3)13-18(16)29(32)33/h4-6,8-9,12-13H,7,10-11,14H2,1-3H3. The highest BCUT2D eigenvalue weighted by molar-refractivity contribution is 5.94. The van der Waals surface area contributed by atoms with E-state index >= 15 is 0 Å². The molecule has 36 heavy (non-hydrogen) atoms. The van der Waals surface area contributed by atoms with Crippen molar-refractivity contribution in [3.8, 4) is 17.2 Å². The normalized spacial score (nSPS) is 13.0. The van der Waals surface area contributed by atoms with Gasteiger partial charge in [-0.3, -0.25) is 14.9 Å². The van der Waals surface area contributed by atoms with Crippen LogP contribution in [0.15, 0.2) is 42.5 Å². The van der Waals surface area contributed by atoms with Gasteiger partial charge >= 0.3 is 6.09 Å². The van der Waals surface area contributed by atoms with E-state index in [4.69, 9.17) is 14.2 Å². The number of nitrogens with zero attached hydrogens (tertiary/aromatic N) is 6. The van der Waals surface area contributed by atoms with Crippen LogP contribution < -0.4 is 9.47 Å². The Morgan fingerprint density at radius 1 is 1.03 bits per heavy atom. The summed E-state index contributed by atoms with van der Waals surface area (Å²) in [7, 11) is 2.75. The summed E-state index contributed by atoms with van der Waals surface area (Å²) >= 11 is 0. The van der Waals surface area contributed by atoms with E-state index in [0.29, 0.717) is 17.8 Å². The first-order valence-electron chi connectivity index (χ1n) is 11.0. The van der Waals surface area contributed by atoms with Gasteiger partial charge in [-0.25, -0.2) is 14.8 Å². The summed E-state index contributed by atoms with van der Waals surface area (Å²) in [5.41, 5.74) is 1.03. The molecular weight excluding hydrogens is 472 g/mol. The lowest BCUT2D eigenvalue weighted by molar-refractivity contribution is -0.385. The highest BCUT2D eigenvalue weighted by Crippen LogP contribution is 2.35. The Labute approximate surface area is 205 Å². The molecular formula is C23H24N6O7. The first-order chi connectivity index (χ1) is 17.3. The van der Waals surface area contributed by atoms with Crippen LogP contribution in [0.2, 0.25) is 0 Å². The predicted octanol–water partition coefficient (Wildman–Crippen LogP) is 2.90. The average Bonchev–Trinajstić information content (AvgIpc) is 3.54. The number of rotatable bonds is 7. The smallest absolute Gasteiger partial charge is 0.429 e. The van der Waals surface area contributed by atoms with Crippen molar-refractivity contribution in [2.24, 2.45) is 0 Å². The molecule has 2 heterocycles. The van der Waals surface area contributed by atoms with E-state index in [9.17, 15) is 19.7 Å². The van der Waals surface area contributed by atoms with Gasteiger partial charge in [0.05, 0.1) is 42.2 Å². The van der Waals surface area contributed by atoms with Gasteiger partial charge in [-0.15, -0.1) is 5.10 Å². The number of benzene rings is 2. The van der Waals surface area contributed by atoms with Gasteiger partial charge in [0, 0.05) is 13.1 Å². The SMILES string of the molecule is COc1cc(COC(=O)N2CCCN2C(=O)c2nn(-c3ccccc3)nc2C)c([N+](=O)[O-])cc1OC. The molecule has 4 rings (SSSR count). The van der Waals surface area contributed by atoms with E-state index in [1.54, 1.807) is 19.1 Å². The second-order valence-electron chi connectivity index (χ2n) is 7.81. The van der Waals surface area contributed by atoms with E-state index in [2.05, 4.69) is 10.2 Å². The van der Waals surface area contributed by atoms with Crippen LogP contribution in [0.25, 0.3) is 5.69 Å². The fourth-order valence-electron chi connectivity index (χ4n) is 3.80.